The number of rotatable bonds is 4. The number of nitrogens with zero attached hydrogens (tertiary/aromatic N) is 1. The summed E-state index contributed by atoms with van der Waals surface area (Å²) in [5.74, 6) is -0.692. The van der Waals surface area contributed by atoms with Gasteiger partial charge in [0.1, 0.15) is 5.58 Å². The number of furan rings is 1. The summed E-state index contributed by atoms with van der Waals surface area (Å²) in [5.41, 5.74) is 0.792. The van der Waals surface area contributed by atoms with Crippen molar-refractivity contribution in [2.24, 2.45) is 0 Å². The normalized spacial score (nSPS) is 13.4. The Kier molecular flexibility index (Phi) is 3.67. The van der Waals surface area contributed by atoms with Crippen LogP contribution in [-0.2, 0) is 10.0 Å². The average Bonchev–Trinajstić information content (AvgIpc) is 2.94. The highest BCUT2D eigenvalue weighted by molar-refractivity contribution is 7.89. The van der Waals surface area contributed by atoms with Crippen molar-refractivity contribution < 1.29 is 17.2 Å². The molecule has 3 rings (SSSR count). The molecule has 1 unspecified atom stereocenters. The molecule has 1 atom stereocenters. The van der Waals surface area contributed by atoms with Gasteiger partial charge in [0.2, 0.25) is 16.0 Å². The van der Waals surface area contributed by atoms with Crippen molar-refractivity contribution in [3.05, 3.63) is 60.4 Å². The third kappa shape index (κ3) is 2.72. The van der Waals surface area contributed by atoms with Crippen LogP contribution < -0.4 is 4.72 Å². The van der Waals surface area contributed by atoms with Crippen molar-refractivity contribution in [1.29, 1.82) is 0 Å². The number of pyridine rings is 1. The van der Waals surface area contributed by atoms with E-state index >= 15 is 0 Å². The molecular formula is C15H13FN2O3S. The number of fused-ring (bicyclic) bond motifs is 1. The zero-order chi connectivity index (χ0) is 15.7. The predicted molar refractivity (Wildman–Crippen MR) is 79.1 cm³/mol. The topological polar surface area (TPSA) is 72.2 Å². The molecular weight excluding hydrogens is 307 g/mol. The van der Waals surface area contributed by atoms with Gasteiger partial charge in [-0.1, -0.05) is 6.07 Å². The summed E-state index contributed by atoms with van der Waals surface area (Å²) in [7, 11) is -3.78. The van der Waals surface area contributed by atoms with E-state index in [9.17, 15) is 12.8 Å². The van der Waals surface area contributed by atoms with Crippen LogP contribution in [0.4, 0.5) is 4.39 Å². The van der Waals surface area contributed by atoms with Crippen molar-refractivity contribution in [1.82, 2.24) is 9.71 Å². The monoisotopic (exact) mass is 320 g/mol. The molecule has 5 nitrogen and oxygen atoms in total. The highest BCUT2D eigenvalue weighted by atomic mass is 32.2. The molecule has 0 radical (unpaired) electrons. The highest BCUT2D eigenvalue weighted by Crippen LogP contribution is 2.22. The average molecular weight is 320 g/mol. The van der Waals surface area contributed by atoms with Crippen LogP contribution in [0.2, 0.25) is 0 Å². The number of aromatic nitrogens is 1. The van der Waals surface area contributed by atoms with E-state index in [0.717, 1.165) is 0 Å². The first-order valence-electron chi connectivity index (χ1n) is 6.57. The van der Waals surface area contributed by atoms with Crippen molar-refractivity contribution in [3.8, 4) is 0 Å². The van der Waals surface area contributed by atoms with Gasteiger partial charge in [0.05, 0.1) is 11.2 Å². The summed E-state index contributed by atoms with van der Waals surface area (Å²) in [4.78, 5) is 3.62. The number of halogens is 1. The molecule has 0 saturated carbocycles. The third-order valence-electron chi connectivity index (χ3n) is 3.32. The standard InChI is InChI=1S/C15H13FN2O3S/c1-10(13-3-2-7-17-15(13)16)18-22(19,20)12-4-5-14-11(9-12)6-8-21-14/h2-10,18H,1H3. The second-order valence-electron chi connectivity index (χ2n) is 4.85. The van der Waals surface area contributed by atoms with Gasteiger partial charge < -0.3 is 4.42 Å². The van der Waals surface area contributed by atoms with Gasteiger partial charge in [-0.05, 0) is 37.3 Å². The van der Waals surface area contributed by atoms with E-state index in [-0.39, 0.29) is 10.5 Å². The van der Waals surface area contributed by atoms with Crippen LogP contribution in [0.1, 0.15) is 18.5 Å². The maximum atomic E-state index is 13.6. The molecule has 1 N–H and O–H groups in total. The lowest BCUT2D eigenvalue weighted by atomic mass is 10.1. The Bertz CT molecular complexity index is 921. The predicted octanol–water partition coefficient (Wildman–Crippen LogP) is 3.01. The minimum Gasteiger partial charge on any atom is -0.464 e. The van der Waals surface area contributed by atoms with E-state index in [2.05, 4.69) is 9.71 Å². The quantitative estimate of drug-likeness (QED) is 0.750. The van der Waals surface area contributed by atoms with Crippen LogP contribution in [0.3, 0.4) is 0 Å². The first kappa shape index (κ1) is 14.7. The molecule has 0 spiro atoms. The molecule has 3 aromatic rings. The van der Waals surface area contributed by atoms with E-state index in [1.807, 2.05) is 0 Å². The molecule has 2 aromatic heterocycles. The maximum Gasteiger partial charge on any atom is 0.241 e. The zero-order valence-corrected chi connectivity index (χ0v) is 12.5. The summed E-state index contributed by atoms with van der Waals surface area (Å²) >= 11 is 0. The number of hydrogen-bond acceptors (Lipinski definition) is 4. The van der Waals surface area contributed by atoms with Crippen molar-refractivity contribution >= 4 is 21.0 Å². The van der Waals surface area contributed by atoms with Crippen molar-refractivity contribution in [3.63, 3.8) is 0 Å². The largest absolute Gasteiger partial charge is 0.464 e. The second-order valence-corrected chi connectivity index (χ2v) is 6.56. The van der Waals surface area contributed by atoms with Gasteiger partial charge >= 0.3 is 0 Å². The van der Waals surface area contributed by atoms with Gasteiger partial charge in [0, 0.05) is 23.2 Å². The van der Waals surface area contributed by atoms with Gasteiger partial charge in [-0.25, -0.2) is 18.1 Å². The van der Waals surface area contributed by atoms with Crippen LogP contribution in [0.5, 0.6) is 0 Å². The molecule has 0 aliphatic heterocycles. The first-order chi connectivity index (χ1) is 10.5. The minimum atomic E-state index is -3.78. The Morgan fingerprint density at radius 3 is 2.86 bits per heavy atom. The van der Waals surface area contributed by atoms with Gasteiger partial charge in [0.25, 0.3) is 0 Å². The van der Waals surface area contributed by atoms with E-state index in [4.69, 9.17) is 4.42 Å². The highest BCUT2D eigenvalue weighted by Gasteiger charge is 2.21. The van der Waals surface area contributed by atoms with Crippen molar-refractivity contribution in [2.75, 3.05) is 0 Å². The summed E-state index contributed by atoms with van der Waals surface area (Å²) in [6.07, 6.45) is 2.80. The van der Waals surface area contributed by atoms with Crippen LogP contribution >= 0.6 is 0 Å². The Morgan fingerprint density at radius 2 is 2.09 bits per heavy atom. The van der Waals surface area contributed by atoms with E-state index in [0.29, 0.717) is 11.0 Å². The number of nitrogens with one attached hydrogen (secondary N) is 1. The minimum absolute atomic E-state index is 0.0950. The van der Waals surface area contributed by atoms with E-state index in [1.54, 1.807) is 25.1 Å². The van der Waals surface area contributed by atoms with Gasteiger partial charge in [0.15, 0.2) is 0 Å². The Hall–Kier alpha value is -2.25. The lowest BCUT2D eigenvalue weighted by molar-refractivity contribution is 0.531. The molecule has 114 valence electrons. The number of benzene rings is 1. The second kappa shape index (κ2) is 5.51. The fraction of sp³-hybridized carbons (Fsp3) is 0.133. The lowest BCUT2D eigenvalue weighted by Gasteiger charge is -2.14. The summed E-state index contributed by atoms with van der Waals surface area (Å²) < 4.78 is 46.1. The van der Waals surface area contributed by atoms with Crippen LogP contribution in [0, 0.1) is 5.95 Å². The van der Waals surface area contributed by atoms with Crippen LogP contribution in [-0.4, -0.2) is 13.4 Å². The Morgan fingerprint density at radius 1 is 1.27 bits per heavy atom. The lowest BCUT2D eigenvalue weighted by Crippen LogP contribution is -2.27. The molecule has 1 aromatic carbocycles. The molecule has 2 heterocycles. The Labute approximate surface area is 126 Å². The SMILES string of the molecule is CC(NS(=O)(=O)c1ccc2occc2c1)c1cccnc1F. The van der Waals surface area contributed by atoms with Crippen LogP contribution in [0.25, 0.3) is 11.0 Å². The third-order valence-corrected chi connectivity index (χ3v) is 4.86. The maximum absolute atomic E-state index is 13.6. The van der Waals surface area contributed by atoms with Gasteiger partial charge in [-0.15, -0.1) is 0 Å². The fourth-order valence-electron chi connectivity index (χ4n) is 2.20. The molecule has 7 heteroatoms. The molecule has 0 aliphatic rings. The number of hydrogen-bond donors (Lipinski definition) is 1. The van der Waals surface area contributed by atoms with Gasteiger partial charge in [-0.3, -0.25) is 0 Å². The molecule has 0 fully saturated rings. The smallest absolute Gasteiger partial charge is 0.241 e. The number of sulfonamides is 1. The van der Waals surface area contributed by atoms with E-state index < -0.39 is 22.0 Å². The fourth-order valence-corrected chi connectivity index (χ4v) is 3.46. The Balaban J connectivity index is 1.91. The molecule has 0 amide bonds. The van der Waals surface area contributed by atoms with E-state index in [1.165, 1.54) is 30.7 Å². The van der Waals surface area contributed by atoms with Crippen molar-refractivity contribution in [2.45, 2.75) is 17.9 Å². The molecule has 0 saturated heterocycles. The van der Waals surface area contributed by atoms with Gasteiger partial charge in [-0.2, -0.15) is 4.39 Å². The van der Waals surface area contributed by atoms with Crippen LogP contribution in [0.15, 0.2) is 58.2 Å². The first-order valence-corrected chi connectivity index (χ1v) is 8.06. The molecule has 0 aliphatic carbocycles. The summed E-state index contributed by atoms with van der Waals surface area (Å²) in [5, 5.41) is 0.683. The summed E-state index contributed by atoms with van der Waals surface area (Å²) in [6.45, 7) is 1.56. The zero-order valence-electron chi connectivity index (χ0n) is 11.7. The summed E-state index contributed by atoms with van der Waals surface area (Å²) in [6, 6.07) is 8.53. The molecule has 22 heavy (non-hydrogen) atoms. The molecule has 0 bridgehead atoms.